The highest BCUT2D eigenvalue weighted by molar-refractivity contribution is 5.82. The summed E-state index contributed by atoms with van der Waals surface area (Å²) in [7, 11) is 0. The Morgan fingerprint density at radius 3 is 2.39 bits per heavy atom. The number of aliphatic carboxylic acids is 1. The zero-order valence-corrected chi connectivity index (χ0v) is 10.5. The van der Waals surface area contributed by atoms with Crippen molar-refractivity contribution >= 4 is 11.9 Å². The number of hydrogen-bond donors (Lipinski definition) is 3. The lowest BCUT2D eigenvalue weighted by molar-refractivity contribution is -0.141. The fraction of sp³-hybridized carbons (Fsp3) is 0.385. The average molecular weight is 250 g/mol. The maximum absolute atomic E-state index is 10.9. The van der Waals surface area contributed by atoms with Gasteiger partial charge in [0.15, 0.2) is 0 Å². The number of carboxylic acid groups (broad SMARTS) is 1. The minimum Gasteiger partial charge on any atom is -0.480 e. The molecule has 5 heteroatoms. The highest BCUT2D eigenvalue weighted by Crippen LogP contribution is 2.10. The second-order valence-electron chi connectivity index (χ2n) is 4.13. The Balaban J connectivity index is 2.52. The molecule has 0 bridgehead atoms. The van der Waals surface area contributed by atoms with E-state index in [1.807, 2.05) is 37.3 Å². The topological polar surface area (TPSA) is 78.4 Å². The number of hydrogen-bond acceptors (Lipinski definition) is 3. The summed E-state index contributed by atoms with van der Waals surface area (Å²) in [6, 6.07) is 8.83. The largest absolute Gasteiger partial charge is 0.480 e. The van der Waals surface area contributed by atoms with Crippen molar-refractivity contribution in [1.82, 2.24) is 10.6 Å². The van der Waals surface area contributed by atoms with Crippen LogP contribution in [0.25, 0.3) is 0 Å². The van der Waals surface area contributed by atoms with Crippen LogP contribution in [-0.2, 0) is 9.59 Å². The summed E-state index contributed by atoms with van der Waals surface area (Å²) in [5.41, 5.74) is 1.07. The smallest absolute Gasteiger partial charge is 0.327 e. The zero-order chi connectivity index (χ0) is 13.5. The van der Waals surface area contributed by atoms with Crippen molar-refractivity contribution in [1.29, 1.82) is 0 Å². The highest BCUT2D eigenvalue weighted by Gasteiger charge is 2.18. The van der Waals surface area contributed by atoms with Crippen LogP contribution in [0.15, 0.2) is 30.3 Å². The van der Waals surface area contributed by atoms with Gasteiger partial charge in [-0.05, 0) is 12.5 Å². The average Bonchev–Trinajstić information content (AvgIpc) is 2.34. The van der Waals surface area contributed by atoms with E-state index in [1.165, 1.54) is 6.92 Å². The van der Waals surface area contributed by atoms with E-state index < -0.39 is 12.0 Å². The molecule has 0 aliphatic rings. The molecule has 0 saturated heterocycles. The van der Waals surface area contributed by atoms with Crippen LogP contribution in [0.5, 0.6) is 0 Å². The highest BCUT2D eigenvalue weighted by atomic mass is 16.4. The van der Waals surface area contributed by atoms with Gasteiger partial charge in [0.25, 0.3) is 0 Å². The minimum atomic E-state index is -1.04. The normalized spacial score (nSPS) is 13.7. The maximum atomic E-state index is 10.9. The van der Waals surface area contributed by atoms with Gasteiger partial charge in [-0.2, -0.15) is 0 Å². The second-order valence-corrected chi connectivity index (χ2v) is 4.13. The summed E-state index contributed by atoms with van der Waals surface area (Å²) >= 11 is 0. The number of nitrogens with one attached hydrogen (secondary N) is 2. The Kier molecular flexibility index (Phi) is 5.32. The van der Waals surface area contributed by atoms with Crippen molar-refractivity contribution in [3.8, 4) is 0 Å². The summed E-state index contributed by atoms with van der Waals surface area (Å²) in [5.74, 6) is -1.39. The first-order valence-electron chi connectivity index (χ1n) is 5.79. The summed E-state index contributed by atoms with van der Waals surface area (Å²) in [6.45, 7) is 3.43. The molecule has 1 amide bonds. The van der Waals surface area contributed by atoms with E-state index in [9.17, 15) is 9.59 Å². The van der Waals surface area contributed by atoms with Gasteiger partial charge in [0, 0.05) is 19.5 Å². The Labute approximate surface area is 106 Å². The van der Waals surface area contributed by atoms with Crippen LogP contribution < -0.4 is 10.6 Å². The quantitative estimate of drug-likeness (QED) is 0.701. The van der Waals surface area contributed by atoms with Crippen molar-refractivity contribution in [2.24, 2.45) is 0 Å². The maximum Gasteiger partial charge on any atom is 0.327 e. The predicted octanol–water partition coefficient (Wildman–Crippen LogP) is 0.926. The summed E-state index contributed by atoms with van der Waals surface area (Å²) in [4.78, 5) is 21.8. The monoisotopic (exact) mass is 250 g/mol. The van der Waals surface area contributed by atoms with Crippen LogP contribution >= 0.6 is 0 Å². The number of carbonyl (C=O) groups is 2. The van der Waals surface area contributed by atoms with Gasteiger partial charge >= 0.3 is 5.97 Å². The lowest BCUT2D eigenvalue weighted by Gasteiger charge is -2.18. The van der Waals surface area contributed by atoms with Gasteiger partial charge in [0.05, 0.1) is 0 Å². The van der Waals surface area contributed by atoms with E-state index in [1.54, 1.807) is 0 Å². The molecule has 2 unspecified atom stereocenters. The van der Waals surface area contributed by atoms with E-state index in [0.29, 0.717) is 0 Å². The van der Waals surface area contributed by atoms with E-state index in [0.717, 1.165) is 5.56 Å². The summed E-state index contributed by atoms with van der Waals surface area (Å²) in [6.07, 6.45) is 0. The molecule has 0 aromatic heterocycles. The van der Waals surface area contributed by atoms with Crippen LogP contribution in [-0.4, -0.2) is 29.6 Å². The van der Waals surface area contributed by atoms with Crippen molar-refractivity contribution in [2.75, 3.05) is 6.54 Å². The van der Waals surface area contributed by atoms with E-state index in [4.69, 9.17) is 5.11 Å². The van der Waals surface area contributed by atoms with Crippen LogP contribution in [0.4, 0.5) is 0 Å². The number of benzene rings is 1. The first kappa shape index (κ1) is 14.2. The second kappa shape index (κ2) is 6.76. The molecular weight excluding hydrogens is 232 g/mol. The molecule has 0 saturated carbocycles. The molecule has 2 atom stereocenters. The van der Waals surface area contributed by atoms with E-state index in [-0.39, 0.29) is 18.5 Å². The Morgan fingerprint density at radius 2 is 1.89 bits per heavy atom. The number of amides is 1. The molecule has 18 heavy (non-hydrogen) atoms. The molecule has 3 N–H and O–H groups in total. The number of carboxylic acids is 1. The van der Waals surface area contributed by atoms with Gasteiger partial charge in [0.1, 0.15) is 6.04 Å². The van der Waals surface area contributed by atoms with Crippen molar-refractivity contribution in [2.45, 2.75) is 25.9 Å². The molecule has 98 valence electrons. The molecule has 0 fully saturated rings. The van der Waals surface area contributed by atoms with Crippen LogP contribution in [0, 0.1) is 0 Å². The number of carbonyl (C=O) groups excluding carboxylic acids is 1. The molecule has 5 nitrogen and oxygen atoms in total. The van der Waals surface area contributed by atoms with Gasteiger partial charge in [-0.1, -0.05) is 30.3 Å². The summed E-state index contributed by atoms with van der Waals surface area (Å²) in [5, 5.41) is 14.4. The Morgan fingerprint density at radius 1 is 1.28 bits per heavy atom. The fourth-order valence-corrected chi connectivity index (χ4v) is 1.60. The van der Waals surface area contributed by atoms with E-state index >= 15 is 0 Å². The third kappa shape index (κ3) is 4.55. The first-order chi connectivity index (χ1) is 8.50. The minimum absolute atomic E-state index is 0.0295. The van der Waals surface area contributed by atoms with Gasteiger partial charge < -0.3 is 15.7 Å². The molecule has 0 heterocycles. The summed E-state index contributed by atoms with van der Waals surface area (Å²) < 4.78 is 0. The van der Waals surface area contributed by atoms with Gasteiger partial charge in [-0.15, -0.1) is 0 Å². The predicted molar refractivity (Wildman–Crippen MR) is 68.1 cm³/mol. The van der Waals surface area contributed by atoms with Crippen molar-refractivity contribution in [3.05, 3.63) is 35.9 Å². The third-order valence-electron chi connectivity index (χ3n) is 2.60. The SMILES string of the molecule is CC(=O)NC(CNC(C)c1ccccc1)C(=O)O. The van der Waals surface area contributed by atoms with Gasteiger partial charge in [-0.3, -0.25) is 4.79 Å². The van der Waals surface area contributed by atoms with E-state index in [2.05, 4.69) is 10.6 Å². The lowest BCUT2D eigenvalue weighted by Crippen LogP contribution is -2.46. The van der Waals surface area contributed by atoms with Crippen LogP contribution in [0.3, 0.4) is 0 Å². The molecule has 1 rings (SSSR count). The molecular formula is C13H18N2O3. The zero-order valence-electron chi connectivity index (χ0n) is 10.5. The lowest BCUT2D eigenvalue weighted by atomic mass is 10.1. The molecule has 0 spiro atoms. The molecule has 0 aliphatic heterocycles. The fourth-order valence-electron chi connectivity index (χ4n) is 1.60. The standard InChI is InChI=1S/C13H18N2O3/c1-9(11-6-4-3-5-7-11)14-8-12(13(17)18)15-10(2)16/h3-7,9,12,14H,8H2,1-2H3,(H,15,16)(H,17,18). The Hall–Kier alpha value is -1.88. The first-order valence-corrected chi connectivity index (χ1v) is 5.79. The van der Waals surface area contributed by atoms with Crippen LogP contribution in [0.1, 0.15) is 25.5 Å². The van der Waals surface area contributed by atoms with Crippen molar-refractivity contribution in [3.63, 3.8) is 0 Å². The third-order valence-corrected chi connectivity index (χ3v) is 2.60. The molecule has 1 aromatic rings. The van der Waals surface area contributed by atoms with Gasteiger partial charge in [-0.25, -0.2) is 4.79 Å². The Bertz CT molecular complexity index is 406. The van der Waals surface area contributed by atoms with Crippen LogP contribution in [0.2, 0.25) is 0 Å². The molecule has 0 aliphatic carbocycles. The number of rotatable bonds is 6. The van der Waals surface area contributed by atoms with Gasteiger partial charge in [0.2, 0.25) is 5.91 Å². The van der Waals surface area contributed by atoms with Crippen molar-refractivity contribution < 1.29 is 14.7 Å². The molecule has 0 radical (unpaired) electrons. The molecule has 1 aromatic carbocycles.